The van der Waals surface area contributed by atoms with Gasteiger partial charge in [0.15, 0.2) is 0 Å². The zero-order valence-corrected chi connectivity index (χ0v) is 12.8. The Hall–Kier alpha value is -2.04. The standard InChI is InChI=1S/C14H12N2O3S2/c1-19-12-4-9(2-3-10(12)6-15)7-20-14-16-11(8-21-14)5-13(17)18/h2-4,8H,5,7H2,1H3,(H,17,18). The monoisotopic (exact) mass is 320 g/mol. The summed E-state index contributed by atoms with van der Waals surface area (Å²) in [5.74, 6) is 0.359. The van der Waals surface area contributed by atoms with Crippen molar-refractivity contribution in [3.05, 3.63) is 40.4 Å². The van der Waals surface area contributed by atoms with Gasteiger partial charge >= 0.3 is 5.97 Å². The highest BCUT2D eigenvalue weighted by molar-refractivity contribution is 8.00. The Bertz CT molecular complexity index is 692. The minimum absolute atomic E-state index is 0.0538. The molecule has 0 aliphatic rings. The quantitative estimate of drug-likeness (QED) is 0.824. The first-order valence-corrected chi connectivity index (χ1v) is 7.85. The molecule has 0 amide bonds. The van der Waals surface area contributed by atoms with Gasteiger partial charge in [-0.2, -0.15) is 5.26 Å². The molecule has 0 aliphatic carbocycles. The van der Waals surface area contributed by atoms with Crippen LogP contribution in [0.3, 0.4) is 0 Å². The smallest absolute Gasteiger partial charge is 0.309 e. The Morgan fingerprint density at radius 2 is 2.38 bits per heavy atom. The third-order valence-corrected chi connectivity index (χ3v) is 4.75. The van der Waals surface area contributed by atoms with E-state index in [1.807, 2.05) is 12.1 Å². The second kappa shape index (κ2) is 7.11. The number of thioether (sulfide) groups is 1. The number of hydrogen-bond donors (Lipinski definition) is 1. The average Bonchev–Trinajstić information content (AvgIpc) is 2.91. The van der Waals surface area contributed by atoms with Crippen molar-refractivity contribution in [1.82, 2.24) is 4.98 Å². The zero-order chi connectivity index (χ0) is 15.2. The lowest BCUT2D eigenvalue weighted by Gasteiger charge is -2.05. The van der Waals surface area contributed by atoms with E-state index in [0.29, 0.717) is 22.8 Å². The maximum absolute atomic E-state index is 10.6. The van der Waals surface area contributed by atoms with Gasteiger partial charge in [0, 0.05) is 11.1 Å². The molecule has 0 spiro atoms. The molecule has 2 aromatic rings. The van der Waals surface area contributed by atoms with Crippen LogP contribution in [0.2, 0.25) is 0 Å². The van der Waals surface area contributed by atoms with E-state index in [-0.39, 0.29) is 6.42 Å². The second-order valence-electron chi connectivity index (χ2n) is 4.11. The van der Waals surface area contributed by atoms with Crippen molar-refractivity contribution in [3.8, 4) is 11.8 Å². The van der Waals surface area contributed by atoms with Gasteiger partial charge in [0.2, 0.25) is 0 Å². The van der Waals surface area contributed by atoms with E-state index >= 15 is 0 Å². The Morgan fingerprint density at radius 1 is 1.57 bits per heavy atom. The Labute approximate surface area is 130 Å². The predicted molar refractivity (Wildman–Crippen MR) is 80.7 cm³/mol. The van der Waals surface area contributed by atoms with Gasteiger partial charge in [-0.05, 0) is 17.7 Å². The van der Waals surface area contributed by atoms with Crippen LogP contribution < -0.4 is 4.74 Å². The third-order valence-electron chi connectivity index (χ3n) is 2.61. The molecule has 0 fully saturated rings. The summed E-state index contributed by atoms with van der Waals surface area (Å²) in [6.45, 7) is 0. The summed E-state index contributed by atoms with van der Waals surface area (Å²) >= 11 is 2.96. The van der Waals surface area contributed by atoms with Gasteiger partial charge in [-0.3, -0.25) is 4.79 Å². The maximum atomic E-state index is 10.6. The highest BCUT2D eigenvalue weighted by Gasteiger charge is 2.08. The van der Waals surface area contributed by atoms with Crippen molar-refractivity contribution in [2.45, 2.75) is 16.5 Å². The minimum atomic E-state index is -0.881. The summed E-state index contributed by atoms with van der Waals surface area (Å²) in [4.78, 5) is 14.9. The Balaban J connectivity index is 2.01. The molecule has 1 aromatic carbocycles. The van der Waals surface area contributed by atoms with Crippen LogP contribution in [0.15, 0.2) is 27.9 Å². The largest absolute Gasteiger partial charge is 0.495 e. The fourth-order valence-electron chi connectivity index (χ4n) is 1.65. The van der Waals surface area contributed by atoms with Crippen molar-refractivity contribution in [2.24, 2.45) is 0 Å². The topological polar surface area (TPSA) is 83.2 Å². The van der Waals surface area contributed by atoms with Crippen LogP contribution in [0.4, 0.5) is 0 Å². The molecule has 0 bridgehead atoms. The van der Waals surface area contributed by atoms with Crippen LogP contribution in [0.5, 0.6) is 5.75 Å². The molecule has 0 radical (unpaired) electrons. The van der Waals surface area contributed by atoms with Gasteiger partial charge in [0.25, 0.3) is 0 Å². The summed E-state index contributed by atoms with van der Waals surface area (Å²) in [6, 6.07) is 7.51. The number of nitriles is 1. The number of methoxy groups -OCH3 is 1. The molecule has 0 saturated heterocycles. The van der Waals surface area contributed by atoms with Gasteiger partial charge in [0.1, 0.15) is 16.2 Å². The van der Waals surface area contributed by atoms with E-state index in [9.17, 15) is 4.79 Å². The first-order valence-electron chi connectivity index (χ1n) is 5.98. The van der Waals surface area contributed by atoms with Crippen LogP contribution in [0.1, 0.15) is 16.8 Å². The summed E-state index contributed by atoms with van der Waals surface area (Å²) < 4.78 is 6.00. The van der Waals surface area contributed by atoms with E-state index in [1.165, 1.54) is 30.2 Å². The van der Waals surface area contributed by atoms with Crippen LogP contribution in [0.25, 0.3) is 0 Å². The molecule has 7 heteroatoms. The molecule has 0 atom stereocenters. The van der Waals surface area contributed by atoms with Gasteiger partial charge in [0.05, 0.1) is 24.8 Å². The molecular formula is C14H12N2O3S2. The Kier molecular flexibility index (Phi) is 5.20. The SMILES string of the molecule is COc1cc(CSc2nc(CC(=O)O)cs2)ccc1C#N. The van der Waals surface area contributed by atoms with Crippen molar-refractivity contribution < 1.29 is 14.6 Å². The van der Waals surface area contributed by atoms with Gasteiger partial charge in [-0.1, -0.05) is 17.8 Å². The van der Waals surface area contributed by atoms with Crippen LogP contribution in [0, 0.1) is 11.3 Å². The number of aliphatic carboxylic acids is 1. The van der Waals surface area contributed by atoms with Crippen molar-refractivity contribution >= 4 is 29.1 Å². The van der Waals surface area contributed by atoms with E-state index in [2.05, 4.69) is 11.1 Å². The summed E-state index contributed by atoms with van der Waals surface area (Å²) in [5, 5.41) is 19.4. The molecule has 21 heavy (non-hydrogen) atoms. The lowest BCUT2D eigenvalue weighted by molar-refractivity contribution is -0.136. The first-order chi connectivity index (χ1) is 10.1. The van der Waals surface area contributed by atoms with E-state index in [0.717, 1.165) is 9.90 Å². The number of thiazole rings is 1. The van der Waals surface area contributed by atoms with Crippen LogP contribution in [-0.2, 0) is 17.0 Å². The number of hydrogen-bond acceptors (Lipinski definition) is 6. The molecule has 1 heterocycles. The van der Waals surface area contributed by atoms with E-state index < -0.39 is 5.97 Å². The normalized spacial score (nSPS) is 10.1. The maximum Gasteiger partial charge on any atom is 0.309 e. The number of nitrogens with zero attached hydrogens (tertiary/aromatic N) is 2. The Morgan fingerprint density at radius 3 is 3.05 bits per heavy atom. The molecule has 0 saturated carbocycles. The van der Waals surface area contributed by atoms with Crippen molar-refractivity contribution in [1.29, 1.82) is 5.26 Å². The fourth-order valence-corrected chi connectivity index (χ4v) is 3.44. The number of carboxylic acid groups (broad SMARTS) is 1. The van der Waals surface area contributed by atoms with Gasteiger partial charge in [-0.15, -0.1) is 11.3 Å². The lowest BCUT2D eigenvalue weighted by Crippen LogP contribution is -1.99. The number of carboxylic acids is 1. The summed E-state index contributed by atoms with van der Waals surface area (Å²) in [5.41, 5.74) is 2.10. The van der Waals surface area contributed by atoms with E-state index in [1.54, 1.807) is 11.4 Å². The van der Waals surface area contributed by atoms with Crippen molar-refractivity contribution in [3.63, 3.8) is 0 Å². The predicted octanol–water partition coefficient (Wildman–Crippen LogP) is 2.94. The van der Waals surface area contributed by atoms with Gasteiger partial charge in [-0.25, -0.2) is 4.98 Å². The second-order valence-corrected chi connectivity index (χ2v) is 6.19. The molecule has 108 valence electrons. The molecular weight excluding hydrogens is 308 g/mol. The third kappa shape index (κ3) is 4.21. The highest BCUT2D eigenvalue weighted by Crippen LogP contribution is 2.28. The zero-order valence-electron chi connectivity index (χ0n) is 11.2. The van der Waals surface area contributed by atoms with E-state index in [4.69, 9.17) is 15.1 Å². The first kappa shape index (κ1) is 15.4. The van der Waals surface area contributed by atoms with Crippen molar-refractivity contribution in [2.75, 3.05) is 7.11 Å². The fraction of sp³-hybridized carbons (Fsp3) is 0.214. The molecule has 0 unspecified atom stereocenters. The average molecular weight is 320 g/mol. The lowest BCUT2D eigenvalue weighted by atomic mass is 10.1. The number of aromatic nitrogens is 1. The molecule has 5 nitrogen and oxygen atoms in total. The minimum Gasteiger partial charge on any atom is -0.495 e. The summed E-state index contributed by atoms with van der Waals surface area (Å²) in [7, 11) is 1.53. The molecule has 1 aromatic heterocycles. The number of rotatable bonds is 6. The molecule has 2 rings (SSSR count). The molecule has 1 N–H and O–H groups in total. The van der Waals surface area contributed by atoms with Gasteiger partial charge < -0.3 is 9.84 Å². The van der Waals surface area contributed by atoms with Crippen LogP contribution >= 0.6 is 23.1 Å². The number of benzene rings is 1. The highest BCUT2D eigenvalue weighted by atomic mass is 32.2. The molecule has 0 aliphatic heterocycles. The van der Waals surface area contributed by atoms with Crippen LogP contribution in [-0.4, -0.2) is 23.2 Å². The summed E-state index contributed by atoms with van der Waals surface area (Å²) in [6.07, 6.45) is -0.0538. The number of carbonyl (C=O) groups is 1. The number of ether oxygens (including phenoxy) is 1.